The van der Waals surface area contributed by atoms with Gasteiger partial charge in [0.15, 0.2) is 5.82 Å². The summed E-state index contributed by atoms with van der Waals surface area (Å²) < 4.78 is 52.1. The molecule has 3 aromatic rings. The summed E-state index contributed by atoms with van der Waals surface area (Å²) in [4.78, 5) is 39.2. The van der Waals surface area contributed by atoms with Crippen molar-refractivity contribution in [3.05, 3.63) is 57.2 Å². The number of urea groups is 1. The molecule has 0 spiro atoms. The predicted molar refractivity (Wildman–Crippen MR) is 163 cm³/mol. The summed E-state index contributed by atoms with van der Waals surface area (Å²) in [5, 5.41) is 14.9. The van der Waals surface area contributed by atoms with E-state index in [4.69, 9.17) is 21.1 Å². The number of aromatic nitrogens is 2. The average molecular weight is 653 g/mol. The molecule has 2 aromatic carbocycles. The first-order valence-electron chi connectivity index (χ1n) is 13.5. The first-order chi connectivity index (χ1) is 21.2. The third-order valence-corrected chi connectivity index (χ3v) is 7.59. The van der Waals surface area contributed by atoms with Gasteiger partial charge in [-0.25, -0.2) is 14.7 Å². The van der Waals surface area contributed by atoms with Gasteiger partial charge in [0, 0.05) is 44.0 Å². The Kier molecular flexibility index (Phi) is 9.77. The number of carbonyl (C=O) groups is 1. The highest BCUT2D eigenvalue weighted by molar-refractivity contribution is 6.35. The Morgan fingerprint density at radius 3 is 2.44 bits per heavy atom. The number of nitrogens with zero attached hydrogens (tertiary/aromatic N) is 7. The number of hydrogen-bond acceptors (Lipinski definition) is 10. The van der Waals surface area contributed by atoms with Crippen LogP contribution in [0.4, 0.5) is 52.5 Å². The van der Waals surface area contributed by atoms with Crippen molar-refractivity contribution in [3.63, 3.8) is 0 Å². The van der Waals surface area contributed by atoms with Crippen LogP contribution in [0.5, 0.6) is 11.5 Å². The monoisotopic (exact) mass is 652 g/mol. The molecule has 1 aliphatic rings. The second-order valence-electron chi connectivity index (χ2n) is 10.4. The average Bonchev–Trinajstić information content (AvgIpc) is 2.99. The molecule has 1 atom stereocenters. The SMILES string of the molecule is COc1cc(N(C)CCN(C)C)c([N+](=O)[O-])cc1Nc1ncc2c(n1)N(c1cccc(OC)c1Cl)C(=O)N([C@@H](C)C(F)(F)F)C2. The summed E-state index contributed by atoms with van der Waals surface area (Å²) in [5.74, 6) is 0.281. The number of halogens is 4. The fraction of sp³-hybridized carbons (Fsp3) is 0.393. The molecular formula is C28H32ClF3N8O5. The number of alkyl halides is 3. The van der Waals surface area contributed by atoms with Crippen LogP contribution in [0, 0.1) is 10.1 Å². The van der Waals surface area contributed by atoms with Crippen molar-refractivity contribution in [1.29, 1.82) is 0 Å². The molecule has 1 aromatic heterocycles. The summed E-state index contributed by atoms with van der Waals surface area (Å²) in [5.41, 5.74) is 0.484. The van der Waals surface area contributed by atoms with Crippen LogP contribution >= 0.6 is 11.6 Å². The molecule has 0 radical (unpaired) electrons. The van der Waals surface area contributed by atoms with Crippen molar-refractivity contribution < 1.29 is 32.4 Å². The molecule has 4 rings (SSSR count). The lowest BCUT2D eigenvalue weighted by Gasteiger charge is -2.39. The number of nitro benzene ring substituents is 1. The highest BCUT2D eigenvalue weighted by atomic mass is 35.5. The molecule has 1 aliphatic heterocycles. The van der Waals surface area contributed by atoms with E-state index in [0.29, 0.717) is 23.7 Å². The van der Waals surface area contributed by atoms with Gasteiger partial charge < -0.3 is 29.5 Å². The Bertz CT molecular complexity index is 1590. The van der Waals surface area contributed by atoms with Gasteiger partial charge >= 0.3 is 12.2 Å². The summed E-state index contributed by atoms with van der Waals surface area (Å²) in [6, 6.07) is 4.13. The standard InChI is InChI=1S/C28H32ClF3N8O5/c1-16(28(30,31)32)38-15-17-14-33-26(35-25(17)39(27(38)41)19-8-7-9-22(44-5)24(19)29)34-18-12-21(40(42)43)20(13-23(18)45-6)37(4)11-10-36(2)3/h7-9,12-14,16H,10-11,15H2,1-6H3,(H,33,34,35)/t16-/m0/s1. The smallest absolute Gasteiger partial charge is 0.408 e. The Balaban J connectivity index is 1.81. The van der Waals surface area contributed by atoms with E-state index >= 15 is 0 Å². The summed E-state index contributed by atoms with van der Waals surface area (Å²) >= 11 is 6.52. The lowest BCUT2D eigenvalue weighted by atomic mass is 10.1. The van der Waals surface area contributed by atoms with E-state index < -0.39 is 29.7 Å². The van der Waals surface area contributed by atoms with Gasteiger partial charge in [0.1, 0.15) is 28.3 Å². The van der Waals surface area contributed by atoms with Crippen LogP contribution in [0.3, 0.4) is 0 Å². The van der Waals surface area contributed by atoms with E-state index in [1.54, 1.807) is 11.9 Å². The van der Waals surface area contributed by atoms with Gasteiger partial charge in [-0.05, 0) is 33.2 Å². The molecule has 242 valence electrons. The number of ether oxygens (including phenoxy) is 2. The number of nitrogens with one attached hydrogen (secondary N) is 1. The molecule has 13 nitrogen and oxygen atoms in total. The maximum atomic E-state index is 13.8. The van der Waals surface area contributed by atoms with Crippen LogP contribution in [-0.2, 0) is 6.54 Å². The van der Waals surface area contributed by atoms with Gasteiger partial charge in [0.05, 0.1) is 37.1 Å². The topological polar surface area (TPSA) is 129 Å². The fourth-order valence-corrected chi connectivity index (χ4v) is 4.91. The number of nitro groups is 1. The second-order valence-corrected chi connectivity index (χ2v) is 10.8. The Hall–Kier alpha value is -4.57. The number of benzene rings is 2. The normalized spacial score (nSPS) is 13.9. The predicted octanol–water partition coefficient (Wildman–Crippen LogP) is 5.82. The number of fused-ring (bicyclic) bond motifs is 1. The molecule has 0 saturated carbocycles. The first-order valence-corrected chi connectivity index (χ1v) is 13.9. The molecular weight excluding hydrogens is 621 g/mol. The Labute approximate surface area is 262 Å². The maximum Gasteiger partial charge on any atom is 0.408 e. The molecule has 0 bridgehead atoms. The van der Waals surface area contributed by atoms with Crippen LogP contribution in [0.15, 0.2) is 36.5 Å². The first kappa shape index (κ1) is 33.3. The molecule has 2 heterocycles. The van der Waals surface area contributed by atoms with Crippen LogP contribution in [-0.4, -0.2) is 91.4 Å². The van der Waals surface area contributed by atoms with Gasteiger partial charge in [0.2, 0.25) is 5.95 Å². The van der Waals surface area contributed by atoms with Gasteiger partial charge in [-0.2, -0.15) is 18.2 Å². The zero-order valence-electron chi connectivity index (χ0n) is 25.3. The van der Waals surface area contributed by atoms with Gasteiger partial charge in [-0.15, -0.1) is 0 Å². The lowest BCUT2D eigenvalue weighted by Crippen LogP contribution is -2.53. The van der Waals surface area contributed by atoms with Crippen molar-refractivity contribution in [3.8, 4) is 11.5 Å². The highest BCUT2D eigenvalue weighted by Crippen LogP contribution is 2.44. The van der Waals surface area contributed by atoms with E-state index in [2.05, 4.69) is 15.3 Å². The van der Waals surface area contributed by atoms with Crippen molar-refractivity contribution >= 4 is 52.1 Å². The van der Waals surface area contributed by atoms with E-state index in [-0.39, 0.29) is 50.9 Å². The molecule has 0 unspecified atom stereocenters. The number of anilines is 5. The molecule has 0 saturated heterocycles. The Morgan fingerprint density at radius 2 is 1.84 bits per heavy atom. The summed E-state index contributed by atoms with van der Waals surface area (Å²) in [7, 11) is 8.26. The quantitative estimate of drug-likeness (QED) is 0.200. The van der Waals surface area contributed by atoms with E-state index in [0.717, 1.165) is 11.8 Å². The minimum atomic E-state index is -4.71. The van der Waals surface area contributed by atoms with Crippen molar-refractivity contribution in [1.82, 2.24) is 19.8 Å². The van der Waals surface area contributed by atoms with E-state index in [1.807, 2.05) is 19.0 Å². The van der Waals surface area contributed by atoms with E-state index in [9.17, 15) is 28.1 Å². The summed E-state index contributed by atoms with van der Waals surface area (Å²) in [6.45, 7) is 1.59. The molecule has 1 N–H and O–H groups in total. The number of amides is 2. The van der Waals surface area contributed by atoms with E-state index in [1.165, 1.54) is 50.7 Å². The highest BCUT2D eigenvalue weighted by Gasteiger charge is 2.46. The second kappa shape index (κ2) is 13.2. The number of carbonyl (C=O) groups excluding carboxylic acids is 1. The number of likely N-dealkylation sites (N-methyl/N-ethyl adjacent to an activating group) is 2. The third kappa shape index (κ3) is 6.91. The van der Waals surface area contributed by atoms with Gasteiger partial charge in [-0.1, -0.05) is 17.7 Å². The molecule has 45 heavy (non-hydrogen) atoms. The van der Waals surface area contributed by atoms with Crippen molar-refractivity contribution in [2.75, 3.05) is 63.6 Å². The van der Waals surface area contributed by atoms with Crippen LogP contribution < -0.4 is 24.6 Å². The Morgan fingerprint density at radius 1 is 1.16 bits per heavy atom. The number of hydrogen-bond donors (Lipinski definition) is 1. The molecule has 2 amide bonds. The minimum Gasteiger partial charge on any atom is -0.495 e. The minimum absolute atomic E-state index is 0.0276. The van der Waals surface area contributed by atoms with Gasteiger partial charge in [0.25, 0.3) is 5.69 Å². The third-order valence-electron chi connectivity index (χ3n) is 7.21. The van der Waals surface area contributed by atoms with Crippen LogP contribution in [0.1, 0.15) is 12.5 Å². The van der Waals surface area contributed by atoms with Crippen molar-refractivity contribution in [2.24, 2.45) is 0 Å². The summed E-state index contributed by atoms with van der Waals surface area (Å²) in [6.07, 6.45) is -3.43. The van der Waals surface area contributed by atoms with Crippen LogP contribution in [0.25, 0.3) is 0 Å². The molecule has 0 aliphatic carbocycles. The number of methoxy groups -OCH3 is 2. The van der Waals surface area contributed by atoms with Crippen LogP contribution in [0.2, 0.25) is 5.02 Å². The van der Waals surface area contributed by atoms with Crippen molar-refractivity contribution in [2.45, 2.75) is 25.7 Å². The lowest BCUT2D eigenvalue weighted by molar-refractivity contribution is -0.384. The molecule has 17 heteroatoms. The number of rotatable bonds is 11. The zero-order valence-corrected chi connectivity index (χ0v) is 26.1. The van der Waals surface area contributed by atoms with Gasteiger partial charge in [-0.3, -0.25) is 10.1 Å². The maximum absolute atomic E-state index is 13.8. The fourth-order valence-electron chi connectivity index (χ4n) is 4.63. The largest absolute Gasteiger partial charge is 0.495 e. The zero-order chi connectivity index (χ0) is 33.2. The molecule has 0 fully saturated rings.